The summed E-state index contributed by atoms with van der Waals surface area (Å²) in [5.41, 5.74) is 1.64. The van der Waals surface area contributed by atoms with Crippen LogP contribution in [-0.2, 0) is 14.3 Å². The summed E-state index contributed by atoms with van der Waals surface area (Å²) in [6.45, 7) is 1.91. The van der Waals surface area contributed by atoms with E-state index in [1.165, 1.54) is 4.90 Å². The van der Waals surface area contributed by atoms with Gasteiger partial charge in [-0.1, -0.05) is 30.4 Å². The molecule has 0 aromatic heterocycles. The van der Waals surface area contributed by atoms with Gasteiger partial charge in [-0.15, -0.1) is 0 Å². The predicted octanol–water partition coefficient (Wildman–Crippen LogP) is 1.44. The molecule has 0 saturated carbocycles. The van der Waals surface area contributed by atoms with Crippen molar-refractivity contribution in [1.29, 1.82) is 0 Å². The first kappa shape index (κ1) is 10.9. The van der Waals surface area contributed by atoms with Gasteiger partial charge < -0.3 is 4.74 Å². The van der Waals surface area contributed by atoms with Crippen LogP contribution in [0.4, 0.5) is 5.69 Å². The maximum atomic E-state index is 12.5. The molecule has 0 unspecified atom stereocenters. The van der Waals surface area contributed by atoms with Crippen LogP contribution in [0.2, 0.25) is 0 Å². The minimum absolute atomic E-state index is 0.124. The zero-order chi connectivity index (χ0) is 13.1. The van der Waals surface area contributed by atoms with Crippen molar-refractivity contribution in [2.45, 2.75) is 19.1 Å². The minimum atomic E-state index is -0.331. The molecule has 1 aromatic rings. The molecule has 2 fully saturated rings. The molecule has 0 aliphatic carbocycles. The molecule has 2 amide bonds. The third-order valence-corrected chi connectivity index (χ3v) is 4.27. The zero-order valence-corrected chi connectivity index (χ0v) is 10.4. The molecule has 96 valence electrons. The monoisotopic (exact) mass is 255 g/mol. The van der Waals surface area contributed by atoms with Crippen LogP contribution in [0.3, 0.4) is 0 Å². The standard InChI is InChI=1S/C15H13NO3/c1-8-4-2-3-5-9(8)16-14(17)12-10-6-7-11(19-10)13(12)15(16)18/h2-7,10-13H,1H3/t10-,11-,12+,13+/m1/s1. The number of para-hydroxylation sites is 1. The Morgan fingerprint density at radius 1 is 1.00 bits per heavy atom. The second kappa shape index (κ2) is 3.54. The fourth-order valence-electron chi connectivity index (χ4n) is 3.36. The molecule has 1 aromatic carbocycles. The highest BCUT2D eigenvalue weighted by Crippen LogP contribution is 2.46. The fraction of sp³-hybridized carbons (Fsp3) is 0.333. The number of ether oxygens (including phenoxy) is 1. The Bertz CT molecular complexity index is 592. The maximum Gasteiger partial charge on any atom is 0.240 e. The first-order valence-electron chi connectivity index (χ1n) is 6.46. The van der Waals surface area contributed by atoms with Crippen molar-refractivity contribution in [2.24, 2.45) is 11.8 Å². The van der Waals surface area contributed by atoms with Crippen LogP contribution in [0.25, 0.3) is 0 Å². The molecule has 2 saturated heterocycles. The van der Waals surface area contributed by atoms with Gasteiger partial charge in [-0.2, -0.15) is 0 Å². The van der Waals surface area contributed by atoms with Crippen molar-refractivity contribution in [2.75, 3.05) is 4.90 Å². The van der Waals surface area contributed by atoms with Gasteiger partial charge in [-0.3, -0.25) is 9.59 Å². The Morgan fingerprint density at radius 2 is 1.58 bits per heavy atom. The number of aryl methyl sites for hydroxylation is 1. The van der Waals surface area contributed by atoms with E-state index in [1.54, 1.807) is 0 Å². The highest BCUT2D eigenvalue weighted by molar-refractivity contribution is 6.23. The fourth-order valence-corrected chi connectivity index (χ4v) is 3.36. The van der Waals surface area contributed by atoms with Crippen LogP contribution in [0, 0.1) is 18.8 Å². The average molecular weight is 255 g/mol. The minimum Gasteiger partial charge on any atom is -0.365 e. The van der Waals surface area contributed by atoms with E-state index in [9.17, 15) is 9.59 Å². The van der Waals surface area contributed by atoms with Gasteiger partial charge in [-0.05, 0) is 18.6 Å². The number of hydrogen-bond donors (Lipinski definition) is 0. The number of hydrogen-bond acceptors (Lipinski definition) is 3. The third kappa shape index (κ3) is 1.27. The molecular formula is C15H13NO3. The summed E-state index contributed by atoms with van der Waals surface area (Å²) in [6, 6.07) is 7.48. The lowest BCUT2D eigenvalue weighted by atomic mass is 9.85. The molecule has 3 aliphatic rings. The molecule has 4 atom stereocenters. The Labute approximate surface area is 110 Å². The third-order valence-electron chi connectivity index (χ3n) is 4.27. The normalized spacial score (nSPS) is 35.3. The number of carbonyl (C=O) groups excluding carboxylic acids is 2. The van der Waals surface area contributed by atoms with E-state index < -0.39 is 0 Å². The van der Waals surface area contributed by atoms with Crippen molar-refractivity contribution in [1.82, 2.24) is 0 Å². The van der Waals surface area contributed by atoms with E-state index in [0.29, 0.717) is 5.69 Å². The van der Waals surface area contributed by atoms with Gasteiger partial charge in [0.2, 0.25) is 11.8 Å². The molecule has 4 heteroatoms. The summed E-state index contributed by atoms with van der Waals surface area (Å²) >= 11 is 0. The van der Waals surface area contributed by atoms with E-state index in [0.717, 1.165) is 5.56 Å². The topological polar surface area (TPSA) is 46.6 Å². The van der Waals surface area contributed by atoms with E-state index in [4.69, 9.17) is 4.74 Å². The number of imide groups is 1. The molecule has 0 radical (unpaired) electrons. The molecule has 2 bridgehead atoms. The highest BCUT2D eigenvalue weighted by atomic mass is 16.5. The van der Waals surface area contributed by atoms with E-state index in [1.807, 2.05) is 43.3 Å². The number of rotatable bonds is 1. The van der Waals surface area contributed by atoms with Gasteiger partial charge in [-0.25, -0.2) is 4.90 Å². The molecule has 19 heavy (non-hydrogen) atoms. The Balaban J connectivity index is 1.79. The van der Waals surface area contributed by atoms with Gasteiger partial charge in [0.1, 0.15) is 0 Å². The quantitative estimate of drug-likeness (QED) is 0.563. The van der Waals surface area contributed by atoms with Crippen LogP contribution in [-0.4, -0.2) is 24.0 Å². The Morgan fingerprint density at radius 3 is 2.16 bits per heavy atom. The van der Waals surface area contributed by atoms with Gasteiger partial charge >= 0.3 is 0 Å². The summed E-state index contributed by atoms with van der Waals surface area (Å²) in [7, 11) is 0. The second-order valence-electron chi connectivity index (χ2n) is 5.30. The Kier molecular flexibility index (Phi) is 2.04. The number of benzene rings is 1. The average Bonchev–Trinajstić information content (AvgIpc) is 3.06. The predicted molar refractivity (Wildman–Crippen MR) is 68.5 cm³/mol. The van der Waals surface area contributed by atoms with Crippen molar-refractivity contribution in [3.63, 3.8) is 0 Å². The highest BCUT2D eigenvalue weighted by Gasteiger charge is 2.61. The number of nitrogens with zero attached hydrogens (tertiary/aromatic N) is 1. The summed E-state index contributed by atoms with van der Waals surface area (Å²) in [6.07, 6.45) is 3.36. The second-order valence-corrected chi connectivity index (χ2v) is 5.30. The van der Waals surface area contributed by atoms with Crippen LogP contribution in [0.15, 0.2) is 36.4 Å². The number of amides is 2. The van der Waals surface area contributed by atoms with Gasteiger partial charge in [0.05, 0.1) is 29.7 Å². The van der Waals surface area contributed by atoms with E-state index in [2.05, 4.69) is 0 Å². The van der Waals surface area contributed by atoms with Crippen molar-refractivity contribution in [3.05, 3.63) is 42.0 Å². The summed E-state index contributed by atoms with van der Waals surface area (Å²) in [4.78, 5) is 26.4. The molecule has 3 aliphatic heterocycles. The first-order chi connectivity index (χ1) is 9.18. The lowest BCUT2D eigenvalue weighted by molar-refractivity contribution is -0.124. The molecule has 3 heterocycles. The van der Waals surface area contributed by atoms with Gasteiger partial charge in [0.15, 0.2) is 0 Å². The summed E-state index contributed by atoms with van der Waals surface area (Å²) in [5, 5.41) is 0. The largest absolute Gasteiger partial charge is 0.365 e. The molecule has 0 spiro atoms. The van der Waals surface area contributed by atoms with Crippen molar-refractivity contribution < 1.29 is 14.3 Å². The van der Waals surface area contributed by atoms with Crippen LogP contribution in [0.1, 0.15) is 5.56 Å². The first-order valence-corrected chi connectivity index (χ1v) is 6.46. The van der Waals surface area contributed by atoms with Crippen molar-refractivity contribution >= 4 is 17.5 Å². The number of anilines is 1. The molecule has 4 rings (SSSR count). The van der Waals surface area contributed by atoms with Gasteiger partial charge in [0, 0.05) is 0 Å². The van der Waals surface area contributed by atoms with Crippen LogP contribution in [0.5, 0.6) is 0 Å². The van der Waals surface area contributed by atoms with Crippen molar-refractivity contribution in [3.8, 4) is 0 Å². The smallest absolute Gasteiger partial charge is 0.240 e. The van der Waals surface area contributed by atoms with Crippen LogP contribution >= 0.6 is 0 Å². The lowest BCUT2D eigenvalue weighted by Gasteiger charge is -2.19. The summed E-state index contributed by atoms with van der Waals surface area (Å²) in [5.74, 6) is -0.911. The molecule has 0 N–H and O–H groups in total. The summed E-state index contributed by atoms with van der Waals surface area (Å²) < 4.78 is 5.62. The SMILES string of the molecule is Cc1ccccc1N1C(=O)[C@@H]2[C@@H](C1=O)[C@H]1C=C[C@H]2O1. The lowest BCUT2D eigenvalue weighted by Crippen LogP contribution is -2.34. The van der Waals surface area contributed by atoms with Crippen LogP contribution < -0.4 is 4.90 Å². The maximum absolute atomic E-state index is 12.5. The Hall–Kier alpha value is -1.94. The van der Waals surface area contributed by atoms with Gasteiger partial charge in [0.25, 0.3) is 0 Å². The zero-order valence-electron chi connectivity index (χ0n) is 10.4. The number of carbonyl (C=O) groups is 2. The molecule has 4 nitrogen and oxygen atoms in total. The van der Waals surface area contributed by atoms with E-state index in [-0.39, 0.29) is 35.9 Å². The van der Waals surface area contributed by atoms with E-state index >= 15 is 0 Å². The molecular weight excluding hydrogens is 242 g/mol. The number of fused-ring (bicyclic) bond motifs is 5.